The van der Waals surface area contributed by atoms with Crippen LogP contribution in [0, 0.1) is 11.3 Å². The van der Waals surface area contributed by atoms with E-state index < -0.39 is 17.5 Å². The highest BCUT2D eigenvalue weighted by Gasteiger charge is 2.53. The summed E-state index contributed by atoms with van der Waals surface area (Å²) in [7, 11) is 1.30. The van der Waals surface area contributed by atoms with Gasteiger partial charge in [-0.05, 0) is 18.8 Å². The third kappa shape index (κ3) is 2.52. The molecule has 0 bridgehead atoms. The van der Waals surface area contributed by atoms with E-state index in [1.165, 1.54) is 7.11 Å². The molecule has 0 spiro atoms. The molecular weight excluding hydrogens is 280 g/mol. The molecule has 2 fully saturated rings. The number of amides is 1. The van der Waals surface area contributed by atoms with Crippen LogP contribution < -0.4 is 5.73 Å². The molecule has 2 aliphatic rings. The van der Waals surface area contributed by atoms with Crippen molar-refractivity contribution in [3.63, 3.8) is 0 Å². The summed E-state index contributed by atoms with van der Waals surface area (Å²) in [6, 6.07) is 0. The van der Waals surface area contributed by atoms with Gasteiger partial charge in [-0.1, -0.05) is 19.1 Å². The molecule has 1 unspecified atom stereocenters. The van der Waals surface area contributed by atoms with Gasteiger partial charge in [-0.2, -0.15) is 0 Å². The minimum atomic E-state index is -0.729. The predicted molar refractivity (Wildman–Crippen MR) is 76.0 cm³/mol. The fourth-order valence-electron chi connectivity index (χ4n) is 3.02. The minimum absolute atomic E-state index is 0.0831. The molecule has 6 nitrogen and oxygen atoms in total. The smallest absolute Gasteiger partial charge is 0.336 e. The van der Waals surface area contributed by atoms with E-state index in [-0.39, 0.29) is 17.4 Å². The van der Waals surface area contributed by atoms with Crippen molar-refractivity contribution in [2.45, 2.75) is 25.9 Å². The second-order valence-corrected chi connectivity index (χ2v) is 6.03. The molecule has 7 heteroatoms. The van der Waals surface area contributed by atoms with E-state index in [2.05, 4.69) is 11.7 Å². The van der Waals surface area contributed by atoms with Gasteiger partial charge in [0.1, 0.15) is 0 Å². The molecule has 0 radical (unpaired) electrons. The summed E-state index contributed by atoms with van der Waals surface area (Å²) in [4.78, 5) is 26.1. The summed E-state index contributed by atoms with van der Waals surface area (Å²) >= 11 is 5.09. The molecule has 20 heavy (non-hydrogen) atoms. The molecule has 1 aliphatic heterocycles. The Balaban J connectivity index is 2.08. The number of rotatable bonds is 3. The van der Waals surface area contributed by atoms with Gasteiger partial charge >= 0.3 is 5.97 Å². The van der Waals surface area contributed by atoms with Crippen LogP contribution in [0.4, 0.5) is 0 Å². The fourth-order valence-corrected chi connectivity index (χ4v) is 3.28. The first kappa shape index (κ1) is 15.2. The Morgan fingerprint density at radius 2 is 2.10 bits per heavy atom. The summed E-state index contributed by atoms with van der Waals surface area (Å²) in [5.41, 5.74) is 5.05. The van der Waals surface area contributed by atoms with Gasteiger partial charge in [0.15, 0.2) is 6.10 Å². The highest BCUT2D eigenvalue weighted by atomic mass is 32.1. The topological polar surface area (TPSA) is 81.9 Å². The van der Waals surface area contributed by atoms with Gasteiger partial charge < -0.3 is 20.1 Å². The Kier molecular flexibility index (Phi) is 4.29. The number of hydrogen-bond acceptors (Lipinski definition) is 5. The van der Waals surface area contributed by atoms with Crippen LogP contribution in [0.15, 0.2) is 0 Å². The first-order valence-electron chi connectivity index (χ1n) is 6.69. The van der Waals surface area contributed by atoms with Gasteiger partial charge in [0.05, 0.1) is 30.7 Å². The van der Waals surface area contributed by atoms with Gasteiger partial charge in [0, 0.05) is 6.54 Å². The maximum atomic E-state index is 12.7. The Morgan fingerprint density at radius 3 is 2.60 bits per heavy atom. The number of ether oxygens (including phenoxy) is 2. The number of nitrogens with two attached hydrogens (primary N) is 1. The van der Waals surface area contributed by atoms with Crippen LogP contribution in [0.3, 0.4) is 0 Å². The van der Waals surface area contributed by atoms with Crippen LogP contribution in [-0.2, 0) is 19.1 Å². The maximum Gasteiger partial charge on any atom is 0.336 e. The van der Waals surface area contributed by atoms with Crippen LogP contribution in [0.25, 0.3) is 0 Å². The summed E-state index contributed by atoms with van der Waals surface area (Å²) in [5, 5.41) is 0. The molecule has 2 N–H and O–H groups in total. The van der Waals surface area contributed by atoms with Crippen LogP contribution in [0.2, 0.25) is 0 Å². The first-order chi connectivity index (χ1) is 9.40. The normalized spacial score (nSPS) is 33.2. The number of carbonyl (C=O) groups is 2. The number of thiocarbonyl (C=S) groups is 1. The lowest BCUT2D eigenvalue weighted by Gasteiger charge is -2.47. The van der Waals surface area contributed by atoms with Gasteiger partial charge in [-0.15, -0.1) is 0 Å². The van der Waals surface area contributed by atoms with E-state index >= 15 is 0 Å². The SMILES string of the molecule is COC(=O)C1CN(C(=O)C2(C(N)=S)CC(C)C2)CCO1. The quantitative estimate of drug-likeness (QED) is 0.587. The lowest BCUT2D eigenvalue weighted by molar-refractivity contribution is -0.166. The standard InChI is InChI=1S/C13H20N2O4S/c1-8-5-13(6-8,11(14)20)12(17)15-3-4-19-9(7-15)10(16)18-2/h8-9H,3-7H2,1-2H3,(H2,14,20). The molecule has 1 amide bonds. The Bertz CT molecular complexity index is 434. The minimum Gasteiger partial charge on any atom is -0.467 e. The summed E-state index contributed by atoms with van der Waals surface area (Å²) in [6.07, 6.45) is 0.640. The third-order valence-electron chi connectivity index (χ3n) is 4.09. The molecular formula is C13H20N2O4S. The predicted octanol–water partition coefficient (Wildman–Crippen LogP) is 0.0892. The van der Waals surface area contributed by atoms with Crippen LogP contribution >= 0.6 is 12.2 Å². The van der Waals surface area contributed by atoms with Crippen molar-refractivity contribution >= 4 is 29.1 Å². The number of nitrogens with zero attached hydrogens (tertiary/aromatic N) is 1. The van der Waals surface area contributed by atoms with Crippen molar-refractivity contribution < 1.29 is 19.1 Å². The highest BCUT2D eigenvalue weighted by Crippen LogP contribution is 2.47. The average molecular weight is 300 g/mol. The van der Waals surface area contributed by atoms with Crippen LogP contribution in [-0.4, -0.2) is 54.7 Å². The third-order valence-corrected chi connectivity index (χ3v) is 4.48. The molecule has 1 heterocycles. The molecule has 1 aliphatic carbocycles. The maximum absolute atomic E-state index is 12.7. The summed E-state index contributed by atoms with van der Waals surface area (Å²) in [5.74, 6) is -0.105. The fraction of sp³-hybridized carbons (Fsp3) is 0.769. The van der Waals surface area contributed by atoms with Gasteiger partial charge in [-0.3, -0.25) is 4.79 Å². The molecule has 2 rings (SSSR count). The Labute approximate surface area is 123 Å². The monoisotopic (exact) mass is 300 g/mol. The molecule has 1 saturated carbocycles. The molecule has 0 aromatic carbocycles. The largest absolute Gasteiger partial charge is 0.467 e. The Morgan fingerprint density at radius 1 is 1.45 bits per heavy atom. The van der Waals surface area contributed by atoms with Crippen LogP contribution in [0.5, 0.6) is 0 Å². The number of methoxy groups -OCH3 is 1. The number of morpholine rings is 1. The number of esters is 1. The van der Waals surface area contributed by atoms with Crippen molar-refractivity contribution in [3.8, 4) is 0 Å². The van der Waals surface area contributed by atoms with Crippen molar-refractivity contribution in [1.29, 1.82) is 0 Å². The van der Waals surface area contributed by atoms with Gasteiger partial charge in [0.25, 0.3) is 0 Å². The van der Waals surface area contributed by atoms with Gasteiger partial charge in [0.2, 0.25) is 5.91 Å². The number of hydrogen-bond donors (Lipinski definition) is 1. The zero-order valence-corrected chi connectivity index (χ0v) is 12.6. The highest BCUT2D eigenvalue weighted by molar-refractivity contribution is 7.80. The zero-order valence-electron chi connectivity index (χ0n) is 11.8. The van der Waals surface area contributed by atoms with Crippen LogP contribution in [0.1, 0.15) is 19.8 Å². The van der Waals surface area contributed by atoms with Crippen molar-refractivity contribution in [2.75, 3.05) is 26.8 Å². The summed E-state index contributed by atoms with van der Waals surface area (Å²) < 4.78 is 9.98. The van der Waals surface area contributed by atoms with E-state index in [1.54, 1.807) is 4.90 Å². The molecule has 112 valence electrons. The first-order valence-corrected chi connectivity index (χ1v) is 7.10. The molecule has 0 aromatic rings. The lowest BCUT2D eigenvalue weighted by atomic mass is 9.61. The van der Waals surface area contributed by atoms with Crippen molar-refractivity contribution in [1.82, 2.24) is 4.90 Å². The van der Waals surface area contributed by atoms with E-state index in [9.17, 15) is 9.59 Å². The zero-order chi connectivity index (χ0) is 14.9. The Hall–Kier alpha value is -1.21. The van der Waals surface area contributed by atoms with E-state index in [1.807, 2.05) is 0 Å². The van der Waals surface area contributed by atoms with E-state index in [0.717, 1.165) is 0 Å². The van der Waals surface area contributed by atoms with Crippen molar-refractivity contribution in [2.24, 2.45) is 17.1 Å². The molecule has 1 saturated heterocycles. The second-order valence-electron chi connectivity index (χ2n) is 5.59. The van der Waals surface area contributed by atoms with Crippen molar-refractivity contribution in [3.05, 3.63) is 0 Å². The van der Waals surface area contributed by atoms with E-state index in [0.29, 0.717) is 31.9 Å². The molecule has 1 atom stereocenters. The van der Waals surface area contributed by atoms with E-state index in [4.69, 9.17) is 22.7 Å². The lowest BCUT2D eigenvalue weighted by Crippen LogP contribution is -2.60. The average Bonchev–Trinajstić information content (AvgIpc) is 2.41. The summed E-state index contributed by atoms with van der Waals surface area (Å²) in [6.45, 7) is 3.03. The van der Waals surface area contributed by atoms with Gasteiger partial charge in [-0.25, -0.2) is 4.79 Å². The molecule has 0 aromatic heterocycles. The number of carbonyl (C=O) groups excluding carboxylic acids is 2. The second kappa shape index (κ2) is 5.65.